The first kappa shape index (κ1) is 27.8. The number of rotatable bonds is 8. The van der Waals surface area contributed by atoms with Crippen molar-refractivity contribution in [1.29, 1.82) is 0 Å². The van der Waals surface area contributed by atoms with E-state index in [1.807, 2.05) is 0 Å². The summed E-state index contributed by atoms with van der Waals surface area (Å²) in [6.07, 6.45) is 4.36. The molecule has 0 saturated heterocycles. The summed E-state index contributed by atoms with van der Waals surface area (Å²) in [6.45, 7) is 6.46. The Morgan fingerprint density at radius 1 is 0.349 bits per heavy atom. The molecule has 0 unspecified atom stereocenters. The van der Waals surface area contributed by atoms with Crippen LogP contribution in [0.5, 0.6) is 0 Å². The first-order valence-electron chi connectivity index (χ1n) is 14.8. The van der Waals surface area contributed by atoms with Crippen molar-refractivity contribution in [2.45, 2.75) is 20.8 Å². The molecule has 6 aromatic rings. The van der Waals surface area contributed by atoms with Crippen molar-refractivity contribution in [3.8, 4) is 0 Å². The molecule has 0 heterocycles. The average molecular weight is 557 g/mol. The number of anilines is 6. The molecule has 0 saturated carbocycles. The average Bonchev–Trinajstić information content (AvgIpc) is 3.05. The van der Waals surface area contributed by atoms with E-state index < -0.39 is 0 Å². The van der Waals surface area contributed by atoms with Crippen molar-refractivity contribution in [1.82, 2.24) is 0 Å². The topological polar surface area (TPSA) is 6.48 Å². The summed E-state index contributed by atoms with van der Waals surface area (Å²) in [4.78, 5) is 4.64. The van der Waals surface area contributed by atoms with E-state index in [-0.39, 0.29) is 0 Å². The maximum absolute atomic E-state index is 2.35. The van der Waals surface area contributed by atoms with Crippen molar-refractivity contribution in [3.63, 3.8) is 0 Å². The van der Waals surface area contributed by atoms with Gasteiger partial charge in [-0.1, -0.05) is 109 Å². The van der Waals surface area contributed by atoms with E-state index >= 15 is 0 Å². The minimum Gasteiger partial charge on any atom is -0.311 e. The zero-order valence-corrected chi connectivity index (χ0v) is 25.0. The molecule has 0 aliphatic rings. The van der Waals surface area contributed by atoms with E-state index in [4.69, 9.17) is 0 Å². The molecule has 0 aromatic heterocycles. The number of hydrogen-bond donors (Lipinski definition) is 0. The van der Waals surface area contributed by atoms with Crippen LogP contribution in [0.4, 0.5) is 34.1 Å². The lowest BCUT2D eigenvalue weighted by Crippen LogP contribution is -2.12. The van der Waals surface area contributed by atoms with Crippen LogP contribution in [-0.4, -0.2) is 0 Å². The zero-order chi connectivity index (χ0) is 29.6. The van der Waals surface area contributed by atoms with Gasteiger partial charge in [0.25, 0.3) is 0 Å². The second kappa shape index (κ2) is 12.7. The van der Waals surface area contributed by atoms with Crippen molar-refractivity contribution in [2.75, 3.05) is 9.80 Å². The van der Waals surface area contributed by atoms with Crippen LogP contribution in [0.3, 0.4) is 0 Å². The second-order valence-electron chi connectivity index (χ2n) is 10.9. The maximum atomic E-state index is 2.35. The highest BCUT2D eigenvalue weighted by atomic mass is 15.1. The van der Waals surface area contributed by atoms with Crippen molar-refractivity contribution < 1.29 is 0 Å². The first-order chi connectivity index (χ1) is 21.1. The SMILES string of the molecule is Cc1ccc(N(c2ccccc2)c2ccc(/C=C/c3ccc(N(c4ccccc4C)c4ccccc4C)cc3)cc2)cc1. The van der Waals surface area contributed by atoms with Gasteiger partial charge < -0.3 is 9.80 Å². The van der Waals surface area contributed by atoms with Gasteiger partial charge in [-0.3, -0.25) is 0 Å². The van der Waals surface area contributed by atoms with Crippen molar-refractivity contribution >= 4 is 46.3 Å². The molecule has 0 aliphatic carbocycles. The van der Waals surface area contributed by atoms with Gasteiger partial charge in [-0.2, -0.15) is 0 Å². The van der Waals surface area contributed by atoms with Crippen LogP contribution < -0.4 is 9.80 Å². The number of hydrogen-bond acceptors (Lipinski definition) is 2. The first-order valence-corrected chi connectivity index (χ1v) is 14.8. The number of aryl methyl sites for hydroxylation is 3. The van der Waals surface area contributed by atoms with Crippen LogP contribution in [-0.2, 0) is 0 Å². The van der Waals surface area contributed by atoms with E-state index in [2.05, 4.69) is 194 Å². The van der Waals surface area contributed by atoms with Crippen LogP contribution in [0.2, 0.25) is 0 Å². The minimum absolute atomic E-state index is 1.13. The largest absolute Gasteiger partial charge is 0.311 e. The second-order valence-corrected chi connectivity index (χ2v) is 10.9. The lowest BCUT2D eigenvalue weighted by molar-refractivity contribution is 1.22. The molecule has 0 radical (unpaired) electrons. The smallest absolute Gasteiger partial charge is 0.0490 e. The summed E-state index contributed by atoms with van der Waals surface area (Å²) < 4.78 is 0. The standard InChI is InChI=1S/C41H36N2/c1-31-17-25-37(26-18-31)42(36-13-5-4-6-14-36)38-27-21-34(22-28-38)19-20-35-23-29-39(30-24-35)43(40-15-9-7-11-32(40)2)41-16-10-8-12-33(41)3/h4-30H,1-3H3/b20-19+. The van der Waals surface area contributed by atoms with Gasteiger partial charge >= 0.3 is 0 Å². The molecule has 2 heteroatoms. The molecule has 210 valence electrons. The Labute approximate surface area is 255 Å². The molecule has 0 fully saturated rings. The molecule has 0 bridgehead atoms. The van der Waals surface area contributed by atoms with Crippen LogP contribution in [0, 0.1) is 20.8 Å². The Hall–Kier alpha value is -5.34. The fourth-order valence-electron chi connectivity index (χ4n) is 5.42. The van der Waals surface area contributed by atoms with Gasteiger partial charge in [-0.05, 0) is 104 Å². The van der Waals surface area contributed by atoms with Crippen LogP contribution in [0.15, 0.2) is 152 Å². The van der Waals surface area contributed by atoms with Crippen molar-refractivity contribution in [2.24, 2.45) is 0 Å². The van der Waals surface area contributed by atoms with Gasteiger partial charge in [0.15, 0.2) is 0 Å². The quantitative estimate of drug-likeness (QED) is 0.172. The fraction of sp³-hybridized carbons (Fsp3) is 0.0732. The van der Waals surface area contributed by atoms with Crippen LogP contribution in [0.25, 0.3) is 12.2 Å². The fourth-order valence-corrected chi connectivity index (χ4v) is 5.42. The lowest BCUT2D eigenvalue weighted by atomic mass is 10.1. The molecule has 0 spiro atoms. The van der Waals surface area contributed by atoms with E-state index in [9.17, 15) is 0 Å². The van der Waals surface area contributed by atoms with E-state index in [1.165, 1.54) is 28.1 Å². The molecular weight excluding hydrogens is 520 g/mol. The number of para-hydroxylation sites is 3. The molecule has 2 nitrogen and oxygen atoms in total. The van der Waals surface area contributed by atoms with Gasteiger partial charge in [-0.15, -0.1) is 0 Å². The highest BCUT2D eigenvalue weighted by molar-refractivity contribution is 5.81. The minimum atomic E-state index is 1.13. The molecule has 0 atom stereocenters. The predicted octanol–water partition coefficient (Wildman–Crippen LogP) is 11.7. The van der Waals surface area contributed by atoms with Crippen LogP contribution in [0.1, 0.15) is 27.8 Å². The molecule has 6 aromatic carbocycles. The molecule has 6 rings (SSSR count). The molecule has 0 aliphatic heterocycles. The van der Waals surface area contributed by atoms with Gasteiger partial charge in [0.1, 0.15) is 0 Å². The Morgan fingerprint density at radius 3 is 1.19 bits per heavy atom. The van der Waals surface area contributed by atoms with Crippen LogP contribution >= 0.6 is 0 Å². The Morgan fingerprint density at radius 2 is 0.721 bits per heavy atom. The normalized spacial score (nSPS) is 11.0. The molecule has 0 amide bonds. The Bertz CT molecular complexity index is 1770. The summed E-state index contributed by atoms with van der Waals surface area (Å²) in [5, 5.41) is 0. The highest BCUT2D eigenvalue weighted by Crippen LogP contribution is 2.38. The number of benzene rings is 6. The summed E-state index contributed by atoms with van der Waals surface area (Å²) in [6, 6.07) is 53.9. The molecule has 43 heavy (non-hydrogen) atoms. The number of nitrogens with zero attached hydrogens (tertiary/aromatic N) is 2. The third-order valence-electron chi connectivity index (χ3n) is 7.79. The Balaban J connectivity index is 1.25. The third kappa shape index (κ3) is 6.29. The van der Waals surface area contributed by atoms with E-state index in [1.54, 1.807) is 0 Å². The van der Waals surface area contributed by atoms with Gasteiger partial charge in [-0.25, -0.2) is 0 Å². The predicted molar refractivity (Wildman–Crippen MR) is 185 cm³/mol. The summed E-state index contributed by atoms with van der Waals surface area (Å²) >= 11 is 0. The van der Waals surface area contributed by atoms with E-state index in [0.29, 0.717) is 0 Å². The third-order valence-corrected chi connectivity index (χ3v) is 7.79. The lowest BCUT2D eigenvalue weighted by Gasteiger charge is -2.28. The van der Waals surface area contributed by atoms with Gasteiger partial charge in [0.05, 0.1) is 0 Å². The maximum Gasteiger partial charge on any atom is 0.0490 e. The monoisotopic (exact) mass is 556 g/mol. The summed E-state index contributed by atoms with van der Waals surface area (Å²) in [5.74, 6) is 0. The van der Waals surface area contributed by atoms with Gasteiger partial charge in [0.2, 0.25) is 0 Å². The summed E-state index contributed by atoms with van der Waals surface area (Å²) in [5.41, 5.74) is 13.0. The molecular formula is C41H36N2. The highest BCUT2D eigenvalue weighted by Gasteiger charge is 2.16. The summed E-state index contributed by atoms with van der Waals surface area (Å²) in [7, 11) is 0. The molecule has 0 N–H and O–H groups in total. The zero-order valence-electron chi connectivity index (χ0n) is 25.0. The Kier molecular flexibility index (Phi) is 8.19. The van der Waals surface area contributed by atoms with Gasteiger partial charge in [0, 0.05) is 34.1 Å². The van der Waals surface area contributed by atoms with E-state index in [0.717, 1.165) is 33.9 Å². The van der Waals surface area contributed by atoms with Crippen molar-refractivity contribution in [3.05, 3.63) is 179 Å².